The molecule has 1 aromatic carbocycles. The Bertz CT molecular complexity index is 500. The lowest BCUT2D eigenvalue weighted by Crippen LogP contribution is -2.12. The summed E-state index contributed by atoms with van der Waals surface area (Å²) in [6.07, 6.45) is 0.240. The molecule has 0 aliphatic rings. The van der Waals surface area contributed by atoms with Crippen LogP contribution in [0.5, 0.6) is 0 Å². The van der Waals surface area contributed by atoms with Crippen molar-refractivity contribution in [1.82, 2.24) is 4.98 Å². The fourth-order valence-corrected chi connectivity index (χ4v) is 2.42. The highest BCUT2D eigenvalue weighted by molar-refractivity contribution is 7.82. The summed E-state index contributed by atoms with van der Waals surface area (Å²) in [5, 5.41) is 9.41. The number of carboxylic acid groups (broad SMARTS) is 1. The standard InChI is InChI=1S/C10H7NO2S2/c12-10(13)7(14)5-9-11-6-3-1-2-4-8(6)15-9/h1-4H,5H2,(H,12,13). The number of thiazole rings is 1. The molecular formula is C10H7NO2S2. The number of para-hydroxylation sites is 1. The first-order valence-electron chi connectivity index (χ1n) is 4.27. The van der Waals surface area contributed by atoms with E-state index in [9.17, 15) is 4.79 Å². The van der Waals surface area contributed by atoms with E-state index in [1.165, 1.54) is 11.3 Å². The molecule has 1 aromatic heterocycles. The van der Waals surface area contributed by atoms with E-state index in [1.54, 1.807) is 0 Å². The second kappa shape index (κ2) is 4.04. The molecular weight excluding hydrogens is 230 g/mol. The predicted octanol–water partition coefficient (Wildman–Crippen LogP) is 2.29. The van der Waals surface area contributed by atoms with Crippen molar-refractivity contribution in [3.05, 3.63) is 29.3 Å². The number of rotatable bonds is 3. The number of thiocarbonyl (C=S) groups is 1. The zero-order valence-electron chi connectivity index (χ0n) is 7.64. The van der Waals surface area contributed by atoms with Crippen LogP contribution in [0.4, 0.5) is 0 Å². The topological polar surface area (TPSA) is 50.2 Å². The first kappa shape index (κ1) is 10.2. The maximum Gasteiger partial charge on any atom is 0.342 e. The number of fused-ring (bicyclic) bond motifs is 1. The van der Waals surface area contributed by atoms with Crippen LogP contribution in [0.25, 0.3) is 10.2 Å². The number of carboxylic acids is 1. The van der Waals surface area contributed by atoms with Gasteiger partial charge in [-0.2, -0.15) is 0 Å². The summed E-state index contributed by atoms with van der Waals surface area (Å²) in [7, 11) is 0. The van der Waals surface area contributed by atoms with E-state index in [-0.39, 0.29) is 11.3 Å². The molecule has 5 heteroatoms. The summed E-state index contributed by atoms with van der Waals surface area (Å²) in [5.41, 5.74) is 0.894. The summed E-state index contributed by atoms with van der Waals surface area (Å²) >= 11 is 6.21. The van der Waals surface area contributed by atoms with E-state index in [1.807, 2.05) is 24.3 Å². The van der Waals surface area contributed by atoms with Gasteiger partial charge in [-0.1, -0.05) is 24.4 Å². The lowest BCUT2D eigenvalue weighted by molar-refractivity contribution is -0.129. The SMILES string of the molecule is O=C(O)C(=S)Cc1nc2ccccc2s1. The van der Waals surface area contributed by atoms with Crippen molar-refractivity contribution >= 4 is 44.6 Å². The van der Waals surface area contributed by atoms with Crippen LogP contribution in [0.3, 0.4) is 0 Å². The van der Waals surface area contributed by atoms with Crippen molar-refractivity contribution < 1.29 is 9.90 Å². The average molecular weight is 237 g/mol. The largest absolute Gasteiger partial charge is 0.477 e. The van der Waals surface area contributed by atoms with Gasteiger partial charge >= 0.3 is 5.97 Å². The number of carbonyl (C=O) groups is 1. The van der Waals surface area contributed by atoms with Gasteiger partial charge in [0.05, 0.1) is 15.2 Å². The van der Waals surface area contributed by atoms with Gasteiger partial charge < -0.3 is 5.11 Å². The molecule has 0 spiro atoms. The van der Waals surface area contributed by atoms with Crippen molar-refractivity contribution in [3.63, 3.8) is 0 Å². The Hall–Kier alpha value is -1.33. The second-order valence-corrected chi connectivity index (χ2v) is 4.59. The minimum absolute atomic E-state index is 0.00839. The normalized spacial score (nSPS) is 10.4. The smallest absolute Gasteiger partial charge is 0.342 e. The maximum absolute atomic E-state index is 10.6. The number of aromatic nitrogens is 1. The number of hydrogen-bond donors (Lipinski definition) is 1. The van der Waals surface area contributed by atoms with E-state index < -0.39 is 5.97 Å². The van der Waals surface area contributed by atoms with E-state index >= 15 is 0 Å². The van der Waals surface area contributed by atoms with Crippen molar-refractivity contribution in [3.8, 4) is 0 Å². The predicted molar refractivity (Wildman–Crippen MR) is 63.6 cm³/mol. The zero-order valence-corrected chi connectivity index (χ0v) is 9.27. The molecule has 2 aromatic rings. The van der Waals surface area contributed by atoms with Crippen LogP contribution in [0.1, 0.15) is 5.01 Å². The van der Waals surface area contributed by atoms with Crippen molar-refractivity contribution in [2.45, 2.75) is 6.42 Å². The van der Waals surface area contributed by atoms with Crippen molar-refractivity contribution in [1.29, 1.82) is 0 Å². The minimum Gasteiger partial charge on any atom is -0.477 e. The van der Waals surface area contributed by atoms with Crippen LogP contribution in [-0.4, -0.2) is 20.9 Å². The summed E-state index contributed by atoms with van der Waals surface area (Å²) in [5.74, 6) is -1.04. The Morgan fingerprint density at radius 3 is 2.87 bits per heavy atom. The van der Waals surface area contributed by atoms with Gasteiger partial charge in [-0.3, -0.25) is 0 Å². The Kier molecular flexibility index (Phi) is 2.75. The van der Waals surface area contributed by atoms with E-state index in [2.05, 4.69) is 4.98 Å². The van der Waals surface area contributed by atoms with Crippen LogP contribution in [0.15, 0.2) is 24.3 Å². The van der Waals surface area contributed by atoms with Crippen LogP contribution < -0.4 is 0 Å². The molecule has 0 amide bonds. The number of benzene rings is 1. The molecule has 0 bridgehead atoms. The molecule has 1 N–H and O–H groups in total. The molecule has 0 saturated heterocycles. The molecule has 0 aliphatic heterocycles. The third kappa shape index (κ3) is 2.19. The summed E-state index contributed by atoms with van der Waals surface area (Å²) in [6.45, 7) is 0. The highest BCUT2D eigenvalue weighted by Gasteiger charge is 2.10. The Balaban J connectivity index is 2.30. The lowest BCUT2D eigenvalue weighted by atomic mass is 10.3. The van der Waals surface area contributed by atoms with E-state index in [4.69, 9.17) is 17.3 Å². The number of aliphatic carboxylic acids is 1. The summed E-state index contributed by atoms with van der Waals surface area (Å²) in [4.78, 5) is 14.9. The van der Waals surface area contributed by atoms with Crippen LogP contribution in [0, 0.1) is 0 Å². The summed E-state index contributed by atoms with van der Waals surface area (Å²) < 4.78 is 1.06. The first-order valence-corrected chi connectivity index (χ1v) is 5.50. The second-order valence-electron chi connectivity index (χ2n) is 2.98. The molecule has 76 valence electrons. The molecule has 0 fully saturated rings. The van der Waals surface area contributed by atoms with Gasteiger partial charge in [0, 0.05) is 6.42 Å². The van der Waals surface area contributed by atoms with Gasteiger partial charge in [-0.05, 0) is 12.1 Å². The van der Waals surface area contributed by atoms with Crippen molar-refractivity contribution in [2.24, 2.45) is 0 Å². The minimum atomic E-state index is -1.04. The van der Waals surface area contributed by atoms with Gasteiger partial charge in [0.25, 0.3) is 0 Å². The molecule has 0 unspecified atom stereocenters. The lowest BCUT2D eigenvalue weighted by Gasteiger charge is -1.91. The van der Waals surface area contributed by atoms with Gasteiger partial charge in [0.15, 0.2) is 0 Å². The third-order valence-corrected chi connectivity index (χ3v) is 3.24. The van der Waals surface area contributed by atoms with Gasteiger partial charge in [-0.15, -0.1) is 11.3 Å². The zero-order chi connectivity index (χ0) is 10.8. The highest BCUT2D eigenvalue weighted by atomic mass is 32.1. The molecule has 3 nitrogen and oxygen atoms in total. The third-order valence-electron chi connectivity index (χ3n) is 1.89. The quantitative estimate of drug-likeness (QED) is 0.832. The van der Waals surface area contributed by atoms with Gasteiger partial charge in [0.2, 0.25) is 0 Å². The highest BCUT2D eigenvalue weighted by Crippen LogP contribution is 2.21. The van der Waals surface area contributed by atoms with Gasteiger partial charge in [-0.25, -0.2) is 9.78 Å². The van der Waals surface area contributed by atoms with Crippen LogP contribution >= 0.6 is 23.6 Å². The molecule has 0 aliphatic carbocycles. The molecule has 0 radical (unpaired) electrons. The Morgan fingerprint density at radius 2 is 2.20 bits per heavy atom. The van der Waals surface area contributed by atoms with E-state index in [0.29, 0.717) is 0 Å². The van der Waals surface area contributed by atoms with Crippen LogP contribution in [0.2, 0.25) is 0 Å². The molecule has 2 rings (SSSR count). The fraction of sp³-hybridized carbons (Fsp3) is 0.100. The molecule has 15 heavy (non-hydrogen) atoms. The Morgan fingerprint density at radius 1 is 1.47 bits per heavy atom. The maximum atomic E-state index is 10.6. The number of nitrogens with zero attached hydrogens (tertiary/aromatic N) is 1. The van der Waals surface area contributed by atoms with Gasteiger partial charge in [0.1, 0.15) is 4.86 Å². The first-order chi connectivity index (χ1) is 7.16. The van der Waals surface area contributed by atoms with Crippen LogP contribution in [-0.2, 0) is 11.2 Å². The average Bonchev–Trinajstić information content (AvgIpc) is 2.59. The summed E-state index contributed by atoms with van der Waals surface area (Å²) in [6, 6.07) is 7.70. The monoisotopic (exact) mass is 237 g/mol. The molecule has 0 saturated carbocycles. The van der Waals surface area contributed by atoms with E-state index in [0.717, 1.165) is 15.2 Å². The van der Waals surface area contributed by atoms with Crippen molar-refractivity contribution in [2.75, 3.05) is 0 Å². The Labute approximate surface area is 95.4 Å². The molecule has 1 heterocycles. The fourth-order valence-electron chi connectivity index (χ4n) is 1.21. The number of hydrogen-bond acceptors (Lipinski definition) is 4. The molecule has 0 atom stereocenters.